The highest BCUT2D eigenvalue weighted by atomic mass is 35.5. The van der Waals surface area contributed by atoms with Gasteiger partial charge in [0.1, 0.15) is 6.54 Å². The molecule has 0 N–H and O–H groups in total. The molecule has 0 radical (unpaired) electrons. The average Bonchev–Trinajstić information content (AvgIpc) is 2.40. The first-order valence-corrected chi connectivity index (χ1v) is 6.45. The Balaban J connectivity index is 2.31. The first kappa shape index (κ1) is 15.0. The molecule has 5 heteroatoms. The van der Waals surface area contributed by atoms with Crippen LogP contribution in [0.5, 0.6) is 0 Å². The quantitative estimate of drug-likeness (QED) is 0.331. The van der Waals surface area contributed by atoms with Crippen molar-refractivity contribution < 1.29 is 9.48 Å². The first-order chi connectivity index (χ1) is 8.59. The Morgan fingerprint density at radius 2 is 1.89 bits per heavy atom. The van der Waals surface area contributed by atoms with Crippen molar-refractivity contribution in [2.75, 3.05) is 26.2 Å². The van der Waals surface area contributed by atoms with Crippen LogP contribution in [0, 0.1) is 5.21 Å². The third-order valence-electron chi connectivity index (χ3n) is 2.89. The Hall–Kier alpha value is -1.10. The zero-order valence-electron chi connectivity index (χ0n) is 10.8. The number of oxime groups is 1. The molecular formula is C13H19ClN2O2. The Kier molecular flexibility index (Phi) is 6.12. The van der Waals surface area contributed by atoms with Crippen molar-refractivity contribution in [1.29, 1.82) is 0 Å². The molecule has 0 spiro atoms. The highest BCUT2D eigenvalue weighted by molar-refractivity contribution is 6.30. The van der Waals surface area contributed by atoms with Gasteiger partial charge in [0.15, 0.2) is 6.61 Å². The lowest BCUT2D eigenvalue weighted by molar-refractivity contribution is -0.877. The highest BCUT2D eigenvalue weighted by Crippen LogP contribution is 2.08. The summed E-state index contributed by atoms with van der Waals surface area (Å²) in [5.74, 6) is 0. The maximum Gasteiger partial charge on any atom is 0.166 e. The van der Waals surface area contributed by atoms with Crippen molar-refractivity contribution in [3.8, 4) is 0 Å². The van der Waals surface area contributed by atoms with Gasteiger partial charge in [0.2, 0.25) is 0 Å². The van der Waals surface area contributed by atoms with Gasteiger partial charge in [-0.15, -0.1) is 0 Å². The smallest absolute Gasteiger partial charge is 0.166 e. The van der Waals surface area contributed by atoms with Crippen molar-refractivity contribution in [2.24, 2.45) is 5.16 Å². The highest BCUT2D eigenvalue weighted by Gasteiger charge is 2.10. The third-order valence-corrected chi connectivity index (χ3v) is 3.14. The molecule has 18 heavy (non-hydrogen) atoms. The second-order valence-electron chi connectivity index (χ2n) is 4.03. The number of nitrogens with zero attached hydrogens (tertiary/aromatic N) is 2. The van der Waals surface area contributed by atoms with Gasteiger partial charge in [-0.3, -0.25) is 0 Å². The van der Waals surface area contributed by atoms with Gasteiger partial charge in [-0.25, -0.2) is 0 Å². The van der Waals surface area contributed by atoms with E-state index in [4.69, 9.17) is 16.4 Å². The lowest BCUT2D eigenvalue weighted by atomic mass is 10.2. The van der Waals surface area contributed by atoms with Crippen molar-refractivity contribution in [3.63, 3.8) is 0 Å². The molecule has 0 heterocycles. The van der Waals surface area contributed by atoms with E-state index in [2.05, 4.69) is 5.16 Å². The van der Waals surface area contributed by atoms with Gasteiger partial charge in [0, 0.05) is 5.02 Å². The van der Waals surface area contributed by atoms with Gasteiger partial charge >= 0.3 is 0 Å². The van der Waals surface area contributed by atoms with Crippen LogP contribution in [0.4, 0.5) is 0 Å². The number of rotatable bonds is 7. The van der Waals surface area contributed by atoms with E-state index < -0.39 is 0 Å². The number of quaternary nitrogens is 1. The normalized spacial score (nSPS) is 12.0. The van der Waals surface area contributed by atoms with E-state index in [-0.39, 0.29) is 4.65 Å². The minimum absolute atomic E-state index is 0.240. The summed E-state index contributed by atoms with van der Waals surface area (Å²) in [5, 5.41) is 16.4. The zero-order valence-corrected chi connectivity index (χ0v) is 11.6. The van der Waals surface area contributed by atoms with Crippen molar-refractivity contribution in [3.05, 3.63) is 40.1 Å². The summed E-state index contributed by atoms with van der Waals surface area (Å²) >= 11 is 5.77. The fraction of sp³-hybridized carbons (Fsp3) is 0.462. The predicted molar refractivity (Wildman–Crippen MR) is 74.6 cm³/mol. The molecule has 0 aliphatic rings. The van der Waals surface area contributed by atoms with Crippen molar-refractivity contribution in [2.45, 2.75) is 13.8 Å². The molecule has 1 aromatic rings. The van der Waals surface area contributed by atoms with Gasteiger partial charge in [-0.05, 0) is 31.5 Å². The molecule has 0 fully saturated rings. The summed E-state index contributed by atoms with van der Waals surface area (Å²) in [6.45, 7) is 5.63. The topological polar surface area (TPSA) is 44.6 Å². The number of likely N-dealkylation sites (N-methyl/N-ethyl adjacent to an activating group) is 1. The first-order valence-electron chi connectivity index (χ1n) is 6.07. The summed E-state index contributed by atoms with van der Waals surface area (Å²) < 4.78 is -0.240. The van der Waals surface area contributed by atoms with Gasteiger partial charge in [0.25, 0.3) is 0 Å². The van der Waals surface area contributed by atoms with E-state index in [9.17, 15) is 5.21 Å². The van der Waals surface area contributed by atoms with Gasteiger partial charge in [-0.1, -0.05) is 28.9 Å². The SMILES string of the molecule is CC[N+]([O-])(CC)CCON=Cc1ccc(Cl)cc1. The summed E-state index contributed by atoms with van der Waals surface area (Å²) in [4.78, 5) is 5.09. The van der Waals surface area contributed by atoms with E-state index in [0.29, 0.717) is 31.3 Å². The van der Waals surface area contributed by atoms with E-state index in [1.165, 1.54) is 0 Å². The van der Waals surface area contributed by atoms with Crippen LogP contribution in [-0.2, 0) is 4.84 Å². The lowest BCUT2D eigenvalue weighted by Crippen LogP contribution is -2.43. The molecule has 0 amide bonds. The summed E-state index contributed by atoms with van der Waals surface area (Å²) in [6.07, 6.45) is 1.60. The molecule has 100 valence electrons. The Labute approximate surface area is 113 Å². The number of hydrogen-bond acceptors (Lipinski definition) is 3. The fourth-order valence-corrected chi connectivity index (χ4v) is 1.57. The molecule has 0 aliphatic carbocycles. The monoisotopic (exact) mass is 270 g/mol. The van der Waals surface area contributed by atoms with Crippen LogP contribution < -0.4 is 0 Å². The van der Waals surface area contributed by atoms with Gasteiger partial charge in [-0.2, -0.15) is 0 Å². The van der Waals surface area contributed by atoms with Crippen molar-refractivity contribution in [1.82, 2.24) is 0 Å². The van der Waals surface area contributed by atoms with E-state index in [1.54, 1.807) is 18.3 Å². The number of hydroxylamine groups is 3. The molecule has 0 atom stereocenters. The molecule has 0 saturated heterocycles. The maximum absolute atomic E-state index is 11.9. The van der Waals surface area contributed by atoms with Crippen molar-refractivity contribution >= 4 is 17.8 Å². The molecule has 0 aliphatic heterocycles. The Bertz CT molecular complexity index is 375. The second-order valence-corrected chi connectivity index (χ2v) is 4.47. The molecule has 0 saturated carbocycles. The largest absolute Gasteiger partial charge is 0.633 e. The minimum atomic E-state index is -0.240. The van der Waals surface area contributed by atoms with Crippen LogP contribution >= 0.6 is 11.6 Å². The number of benzene rings is 1. The predicted octanol–water partition coefficient (Wildman–Crippen LogP) is 3.04. The molecular weight excluding hydrogens is 252 g/mol. The van der Waals surface area contributed by atoms with Crippen LogP contribution in [0.3, 0.4) is 0 Å². The van der Waals surface area contributed by atoms with E-state index in [0.717, 1.165) is 5.56 Å². The number of hydrogen-bond donors (Lipinski definition) is 0. The molecule has 0 unspecified atom stereocenters. The van der Waals surface area contributed by atoms with E-state index in [1.807, 2.05) is 26.0 Å². The molecule has 0 bridgehead atoms. The van der Waals surface area contributed by atoms with Gasteiger partial charge in [0.05, 0.1) is 19.3 Å². The van der Waals surface area contributed by atoms with Gasteiger partial charge < -0.3 is 14.7 Å². The molecule has 1 aromatic carbocycles. The van der Waals surface area contributed by atoms with Crippen LogP contribution in [0.25, 0.3) is 0 Å². The van der Waals surface area contributed by atoms with Crippen LogP contribution in [0.15, 0.2) is 29.4 Å². The standard InChI is InChI=1S/C13H19ClN2O2/c1-3-16(17,4-2)9-10-18-15-11-12-5-7-13(14)8-6-12/h5-8,11H,3-4,9-10H2,1-2H3. The lowest BCUT2D eigenvalue weighted by Gasteiger charge is -2.40. The van der Waals surface area contributed by atoms with E-state index >= 15 is 0 Å². The Morgan fingerprint density at radius 3 is 2.44 bits per heavy atom. The summed E-state index contributed by atoms with van der Waals surface area (Å²) in [7, 11) is 0. The third kappa shape index (κ3) is 5.04. The molecule has 0 aromatic heterocycles. The minimum Gasteiger partial charge on any atom is -0.633 e. The zero-order chi connectivity index (χ0) is 13.4. The molecule has 1 rings (SSSR count). The average molecular weight is 271 g/mol. The fourth-order valence-electron chi connectivity index (χ4n) is 1.45. The van der Waals surface area contributed by atoms with Crippen LogP contribution in [0.2, 0.25) is 5.02 Å². The number of halogens is 1. The second kappa shape index (κ2) is 7.36. The molecule has 4 nitrogen and oxygen atoms in total. The Morgan fingerprint density at radius 1 is 1.28 bits per heavy atom. The maximum atomic E-state index is 11.9. The summed E-state index contributed by atoms with van der Waals surface area (Å²) in [6, 6.07) is 7.27. The van der Waals surface area contributed by atoms with Crippen LogP contribution in [0.1, 0.15) is 19.4 Å². The summed E-state index contributed by atoms with van der Waals surface area (Å²) in [5.41, 5.74) is 0.910. The van der Waals surface area contributed by atoms with Crippen LogP contribution in [-0.4, -0.2) is 37.1 Å².